The zero-order valence-electron chi connectivity index (χ0n) is 12.4. The number of hydrogen-bond donors (Lipinski definition) is 2. The van der Waals surface area contributed by atoms with E-state index in [1.54, 1.807) is 6.07 Å². The molecule has 0 saturated heterocycles. The van der Waals surface area contributed by atoms with E-state index < -0.39 is 0 Å². The first-order chi connectivity index (χ1) is 8.93. The molecule has 0 atom stereocenters. The van der Waals surface area contributed by atoms with Crippen molar-refractivity contribution in [1.29, 1.82) is 0 Å². The molecule has 3 N–H and O–H groups in total. The van der Waals surface area contributed by atoms with Crippen molar-refractivity contribution in [1.82, 2.24) is 5.32 Å². The molecule has 0 heterocycles. The smallest absolute Gasteiger partial charge is 0.249 e. The Bertz CT molecular complexity index is 405. The van der Waals surface area contributed by atoms with Gasteiger partial charge in [0.25, 0.3) is 0 Å². The zero-order valence-corrected chi connectivity index (χ0v) is 12.4. The Balaban J connectivity index is 2.60. The summed E-state index contributed by atoms with van der Waals surface area (Å²) in [6, 6.07) is 7.51. The first kappa shape index (κ1) is 15.7. The summed E-state index contributed by atoms with van der Waals surface area (Å²) in [7, 11) is 0. The molecule has 1 rings (SSSR count). The van der Waals surface area contributed by atoms with Gasteiger partial charge in [0.2, 0.25) is 5.91 Å². The fraction of sp³-hybridized carbons (Fsp3) is 0.562. The van der Waals surface area contributed by atoms with Gasteiger partial charge in [-0.2, -0.15) is 0 Å². The summed E-state index contributed by atoms with van der Waals surface area (Å²) in [6.07, 6.45) is 0. The lowest BCUT2D eigenvalue weighted by Gasteiger charge is -2.25. The summed E-state index contributed by atoms with van der Waals surface area (Å²) in [5.74, 6) is 1.58. The van der Waals surface area contributed by atoms with Crippen LogP contribution >= 0.6 is 0 Å². The quantitative estimate of drug-likeness (QED) is 0.794. The van der Waals surface area contributed by atoms with Crippen molar-refractivity contribution in [2.24, 2.45) is 23.5 Å². The van der Waals surface area contributed by atoms with E-state index >= 15 is 0 Å². The summed E-state index contributed by atoms with van der Waals surface area (Å²) in [6.45, 7) is 10.7. The predicted molar refractivity (Wildman–Crippen MR) is 79.8 cm³/mol. The molecule has 3 heteroatoms. The van der Waals surface area contributed by atoms with Gasteiger partial charge in [0.15, 0.2) is 0 Å². The molecule has 3 nitrogen and oxygen atoms in total. The van der Waals surface area contributed by atoms with Crippen molar-refractivity contribution in [3.8, 4) is 0 Å². The minimum absolute atomic E-state index is 0.360. The third-order valence-electron chi connectivity index (χ3n) is 3.69. The zero-order chi connectivity index (χ0) is 14.4. The second-order valence-electron chi connectivity index (χ2n) is 5.80. The van der Waals surface area contributed by atoms with Crippen LogP contribution in [0.2, 0.25) is 0 Å². The highest BCUT2D eigenvalue weighted by Gasteiger charge is 2.17. The number of rotatable bonds is 7. The highest BCUT2D eigenvalue weighted by atomic mass is 16.1. The summed E-state index contributed by atoms with van der Waals surface area (Å²) in [5, 5.41) is 3.45. The van der Waals surface area contributed by atoms with Crippen molar-refractivity contribution in [3.63, 3.8) is 0 Å². The average molecular weight is 262 g/mol. The minimum Gasteiger partial charge on any atom is -0.366 e. The minimum atomic E-state index is -0.360. The number of nitrogens with one attached hydrogen (secondary N) is 1. The monoisotopic (exact) mass is 262 g/mol. The third-order valence-corrected chi connectivity index (χ3v) is 3.69. The summed E-state index contributed by atoms with van der Waals surface area (Å²) >= 11 is 0. The molecular formula is C16H26N2O. The van der Waals surface area contributed by atoms with Crippen LogP contribution in [-0.2, 0) is 6.54 Å². The van der Waals surface area contributed by atoms with E-state index in [1.807, 2.05) is 18.2 Å². The molecule has 1 amide bonds. The second-order valence-corrected chi connectivity index (χ2v) is 5.80. The summed E-state index contributed by atoms with van der Waals surface area (Å²) in [4.78, 5) is 11.3. The molecule has 0 aliphatic carbocycles. The van der Waals surface area contributed by atoms with Crippen LogP contribution in [0.25, 0.3) is 0 Å². The third kappa shape index (κ3) is 4.67. The number of primary amides is 1. The number of amides is 1. The van der Waals surface area contributed by atoms with Crippen LogP contribution in [-0.4, -0.2) is 12.5 Å². The van der Waals surface area contributed by atoms with Gasteiger partial charge in [0.05, 0.1) is 0 Å². The van der Waals surface area contributed by atoms with Gasteiger partial charge in [-0.1, -0.05) is 45.9 Å². The maximum atomic E-state index is 11.3. The molecular weight excluding hydrogens is 236 g/mol. The van der Waals surface area contributed by atoms with Crippen molar-refractivity contribution < 1.29 is 4.79 Å². The standard InChI is InChI=1S/C16H26N2O/c1-11(2)15(12(3)4)10-18-9-13-7-5-6-8-14(13)16(17)19/h5-8,11-12,15,18H,9-10H2,1-4H3,(H2,17,19). The van der Waals surface area contributed by atoms with Crippen LogP contribution in [0.5, 0.6) is 0 Å². The Morgan fingerprint density at radius 2 is 1.74 bits per heavy atom. The van der Waals surface area contributed by atoms with E-state index in [0.717, 1.165) is 12.1 Å². The first-order valence-electron chi connectivity index (χ1n) is 7.02. The molecule has 0 spiro atoms. The van der Waals surface area contributed by atoms with E-state index in [0.29, 0.717) is 29.9 Å². The van der Waals surface area contributed by atoms with Crippen LogP contribution in [0.15, 0.2) is 24.3 Å². The maximum Gasteiger partial charge on any atom is 0.249 e. The normalized spacial score (nSPS) is 11.5. The molecule has 1 aromatic rings. The molecule has 0 unspecified atom stereocenters. The maximum absolute atomic E-state index is 11.3. The fourth-order valence-corrected chi connectivity index (χ4v) is 2.53. The molecule has 19 heavy (non-hydrogen) atoms. The Morgan fingerprint density at radius 3 is 2.26 bits per heavy atom. The number of nitrogens with two attached hydrogens (primary N) is 1. The molecule has 1 aromatic carbocycles. The van der Waals surface area contributed by atoms with Crippen LogP contribution in [0.4, 0.5) is 0 Å². The van der Waals surface area contributed by atoms with Crippen LogP contribution < -0.4 is 11.1 Å². The molecule has 0 aromatic heterocycles. The van der Waals surface area contributed by atoms with Crippen molar-refractivity contribution in [3.05, 3.63) is 35.4 Å². The van der Waals surface area contributed by atoms with E-state index in [4.69, 9.17) is 5.73 Å². The predicted octanol–water partition coefficient (Wildman–Crippen LogP) is 2.80. The fourth-order valence-electron chi connectivity index (χ4n) is 2.53. The van der Waals surface area contributed by atoms with Gasteiger partial charge < -0.3 is 11.1 Å². The number of carbonyl (C=O) groups is 1. The Morgan fingerprint density at radius 1 is 1.16 bits per heavy atom. The highest BCUT2D eigenvalue weighted by Crippen LogP contribution is 2.19. The molecule has 0 aliphatic heterocycles. The summed E-state index contributed by atoms with van der Waals surface area (Å²) < 4.78 is 0. The molecule has 106 valence electrons. The van der Waals surface area contributed by atoms with Crippen LogP contribution in [0, 0.1) is 17.8 Å². The first-order valence-corrected chi connectivity index (χ1v) is 7.02. The van der Waals surface area contributed by atoms with E-state index in [9.17, 15) is 4.79 Å². The van der Waals surface area contributed by atoms with Gasteiger partial charge in [-0.25, -0.2) is 0 Å². The van der Waals surface area contributed by atoms with Crippen molar-refractivity contribution >= 4 is 5.91 Å². The highest BCUT2D eigenvalue weighted by molar-refractivity contribution is 5.94. The lowest BCUT2D eigenvalue weighted by molar-refractivity contribution is 0.0999. The largest absolute Gasteiger partial charge is 0.366 e. The van der Waals surface area contributed by atoms with Gasteiger partial charge in [0.1, 0.15) is 0 Å². The summed E-state index contributed by atoms with van der Waals surface area (Å²) in [5.41, 5.74) is 6.96. The van der Waals surface area contributed by atoms with Crippen molar-refractivity contribution in [2.75, 3.05) is 6.54 Å². The molecule has 0 aliphatic rings. The number of benzene rings is 1. The number of carbonyl (C=O) groups excluding carboxylic acids is 1. The SMILES string of the molecule is CC(C)C(CNCc1ccccc1C(N)=O)C(C)C. The Hall–Kier alpha value is -1.35. The van der Waals surface area contributed by atoms with Gasteiger partial charge in [-0.3, -0.25) is 4.79 Å². The van der Waals surface area contributed by atoms with E-state index in [-0.39, 0.29) is 5.91 Å². The van der Waals surface area contributed by atoms with Gasteiger partial charge in [0, 0.05) is 12.1 Å². The van der Waals surface area contributed by atoms with Crippen LogP contribution in [0.1, 0.15) is 43.6 Å². The van der Waals surface area contributed by atoms with E-state index in [1.165, 1.54) is 0 Å². The molecule has 0 fully saturated rings. The van der Waals surface area contributed by atoms with Gasteiger partial charge in [-0.15, -0.1) is 0 Å². The average Bonchev–Trinajstić information content (AvgIpc) is 2.33. The van der Waals surface area contributed by atoms with Crippen molar-refractivity contribution in [2.45, 2.75) is 34.2 Å². The van der Waals surface area contributed by atoms with E-state index in [2.05, 4.69) is 33.0 Å². The molecule has 0 bridgehead atoms. The number of hydrogen-bond acceptors (Lipinski definition) is 2. The Kier molecular flexibility index (Phi) is 6.03. The Labute approximate surface area is 116 Å². The second kappa shape index (κ2) is 7.29. The lowest BCUT2D eigenvalue weighted by atomic mass is 9.85. The topological polar surface area (TPSA) is 55.1 Å². The lowest BCUT2D eigenvalue weighted by Crippen LogP contribution is -2.30. The van der Waals surface area contributed by atoms with Gasteiger partial charge in [-0.05, 0) is 35.9 Å². The van der Waals surface area contributed by atoms with Gasteiger partial charge >= 0.3 is 0 Å². The molecule has 0 saturated carbocycles. The molecule has 0 radical (unpaired) electrons. The van der Waals surface area contributed by atoms with Crippen LogP contribution in [0.3, 0.4) is 0 Å².